The van der Waals surface area contributed by atoms with Crippen LogP contribution in [0.15, 0.2) is 160 Å². The number of para-hydroxylation sites is 3. The first kappa shape index (κ1) is 26.9. The largest absolute Gasteiger partial charge is 0.456 e. The van der Waals surface area contributed by atoms with Gasteiger partial charge in [0.15, 0.2) is 5.84 Å². The van der Waals surface area contributed by atoms with E-state index in [4.69, 9.17) is 18.8 Å². The molecule has 2 unspecified atom stereocenters. The van der Waals surface area contributed by atoms with Crippen molar-refractivity contribution in [2.45, 2.75) is 12.3 Å². The molecule has 0 radical (unpaired) electrons. The van der Waals surface area contributed by atoms with Gasteiger partial charge in [-0.2, -0.15) is 0 Å². The predicted molar refractivity (Wildman–Crippen MR) is 193 cm³/mol. The molecule has 2 N–H and O–H groups in total. The van der Waals surface area contributed by atoms with Crippen LogP contribution in [0.5, 0.6) is 0 Å². The van der Waals surface area contributed by atoms with Gasteiger partial charge in [-0.05, 0) is 40.1 Å². The van der Waals surface area contributed by atoms with Crippen LogP contribution in [0.3, 0.4) is 0 Å². The molecule has 0 fully saturated rings. The molecule has 0 saturated heterocycles. The van der Waals surface area contributed by atoms with Crippen molar-refractivity contribution < 1.29 is 8.83 Å². The minimum atomic E-state index is -0.331. The van der Waals surface area contributed by atoms with E-state index in [1.807, 2.05) is 60.8 Å². The molecular formula is C42H28N4O2. The average molecular weight is 621 g/mol. The Hall–Kier alpha value is -6.24. The average Bonchev–Trinajstić information content (AvgIpc) is 3.74. The molecule has 0 saturated carbocycles. The van der Waals surface area contributed by atoms with Crippen LogP contribution in [0.1, 0.15) is 29.2 Å². The highest BCUT2D eigenvalue weighted by molar-refractivity contribution is 6.19. The summed E-state index contributed by atoms with van der Waals surface area (Å²) in [5.74, 6) is 0.683. The summed E-state index contributed by atoms with van der Waals surface area (Å²) in [5.41, 5.74) is 8.08. The molecular weight excluding hydrogens is 592 g/mol. The number of amidine groups is 1. The summed E-state index contributed by atoms with van der Waals surface area (Å²) >= 11 is 0. The van der Waals surface area contributed by atoms with Crippen molar-refractivity contribution in [2.75, 3.05) is 0 Å². The van der Waals surface area contributed by atoms with Crippen molar-refractivity contribution in [2.24, 2.45) is 4.99 Å². The number of nitrogens with one attached hydrogen (secondary N) is 2. The summed E-state index contributed by atoms with van der Waals surface area (Å²) in [6, 6.07) is 47.8. The molecule has 0 bridgehead atoms. The maximum Gasteiger partial charge on any atom is 0.151 e. The first-order chi connectivity index (χ1) is 23.8. The zero-order chi connectivity index (χ0) is 31.6. The van der Waals surface area contributed by atoms with Gasteiger partial charge in [-0.15, -0.1) is 0 Å². The summed E-state index contributed by atoms with van der Waals surface area (Å²) in [7, 11) is 0. The highest BCUT2D eigenvalue weighted by Gasteiger charge is 2.30. The fraction of sp³-hybridized carbons (Fsp3) is 0.0476. The van der Waals surface area contributed by atoms with Crippen LogP contribution in [0.2, 0.25) is 0 Å². The molecule has 2 atom stereocenters. The minimum Gasteiger partial charge on any atom is -0.456 e. The quantitative estimate of drug-likeness (QED) is 0.205. The van der Waals surface area contributed by atoms with Gasteiger partial charge in [0.2, 0.25) is 0 Å². The number of aliphatic imine (C=N–C) groups is 1. The molecule has 6 nitrogen and oxygen atoms in total. The van der Waals surface area contributed by atoms with E-state index in [0.29, 0.717) is 5.84 Å². The lowest BCUT2D eigenvalue weighted by molar-refractivity contribution is 0.407. The van der Waals surface area contributed by atoms with Crippen LogP contribution in [0.25, 0.3) is 65.8 Å². The number of benzene rings is 6. The van der Waals surface area contributed by atoms with E-state index < -0.39 is 0 Å². The minimum absolute atomic E-state index is 0.317. The second kappa shape index (κ2) is 10.7. The van der Waals surface area contributed by atoms with Crippen LogP contribution in [0, 0.1) is 0 Å². The number of rotatable bonds is 4. The highest BCUT2D eigenvalue weighted by Crippen LogP contribution is 2.40. The Morgan fingerprint density at radius 2 is 1.29 bits per heavy atom. The zero-order valence-corrected chi connectivity index (χ0v) is 25.7. The smallest absolute Gasteiger partial charge is 0.151 e. The maximum atomic E-state index is 6.64. The molecule has 6 heteroatoms. The van der Waals surface area contributed by atoms with E-state index >= 15 is 0 Å². The number of hydrogen-bond donors (Lipinski definition) is 2. The molecule has 9 aromatic rings. The summed E-state index contributed by atoms with van der Waals surface area (Å²) in [5, 5.41) is 13.9. The second-order valence-corrected chi connectivity index (χ2v) is 12.2. The van der Waals surface area contributed by atoms with Crippen LogP contribution >= 0.6 is 0 Å². The van der Waals surface area contributed by atoms with E-state index in [2.05, 4.69) is 95.6 Å². The second-order valence-electron chi connectivity index (χ2n) is 12.2. The molecule has 0 amide bonds. The lowest BCUT2D eigenvalue weighted by atomic mass is 9.99. The topological polar surface area (TPSA) is 75.6 Å². The number of fused-ring (bicyclic) bond motifs is 7. The number of nitrogens with zero attached hydrogens (tertiary/aromatic N) is 2. The van der Waals surface area contributed by atoms with E-state index in [0.717, 1.165) is 71.8 Å². The van der Waals surface area contributed by atoms with Crippen molar-refractivity contribution in [3.63, 3.8) is 0 Å². The molecule has 48 heavy (non-hydrogen) atoms. The van der Waals surface area contributed by atoms with Crippen LogP contribution in [-0.4, -0.2) is 10.8 Å². The van der Waals surface area contributed by atoms with Crippen molar-refractivity contribution in [3.05, 3.63) is 163 Å². The summed E-state index contributed by atoms with van der Waals surface area (Å²) in [6.07, 6.45) is 1.27. The monoisotopic (exact) mass is 620 g/mol. The number of aromatic nitrogens is 1. The zero-order valence-electron chi connectivity index (χ0n) is 25.7. The van der Waals surface area contributed by atoms with Crippen LogP contribution in [0.4, 0.5) is 0 Å². The first-order valence-electron chi connectivity index (χ1n) is 16.1. The lowest BCUT2D eigenvalue weighted by Crippen LogP contribution is -2.45. The van der Waals surface area contributed by atoms with Gasteiger partial charge in [0, 0.05) is 33.5 Å². The van der Waals surface area contributed by atoms with Gasteiger partial charge < -0.3 is 14.2 Å². The molecule has 228 valence electrons. The van der Waals surface area contributed by atoms with Gasteiger partial charge in [0.05, 0.1) is 5.39 Å². The molecule has 0 spiro atoms. The Labute approximate surface area is 275 Å². The van der Waals surface area contributed by atoms with E-state index in [9.17, 15) is 0 Å². The van der Waals surface area contributed by atoms with Gasteiger partial charge in [-0.3, -0.25) is 10.3 Å². The normalized spacial score (nSPS) is 16.5. The fourth-order valence-electron chi connectivity index (χ4n) is 7.10. The first-order valence-corrected chi connectivity index (χ1v) is 16.1. The Bertz CT molecular complexity index is 2710. The molecule has 1 aliphatic rings. The Kier molecular flexibility index (Phi) is 5.98. The lowest BCUT2D eigenvalue weighted by Gasteiger charge is -2.32. The Morgan fingerprint density at radius 3 is 2.17 bits per heavy atom. The fourth-order valence-corrected chi connectivity index (χ4v) is 7.10. The Morgan fingerprint density at radius 1 is 0.583 bits per heavy atom. The van der Waals surface area contributed by atoms with Crippen molar-refractivity contribution in [1.82, 2.24) is 15.6 Å². The third kappa shape index (κ3) is 4.24. The van der Waals surface area contributed by atoms with E-state index in [-0.39, 0.29) is 12.3 Å². The maximum absolute atomic E-state index is 6.64. The van der Waals surface area contributed by atoms with Crippen molar-refractivity contribution in [3.8, 4) is 11.1 Å². The highest BCUT2D eigenvalue weighted by atomic mass is 16.3. The Balaban J connectivity index is 1.18. The van der Waals surface area contributed by atoms with Gasteiger partial charge in [-0.25, -0.2) is 4.99 Å². The van der Waals surface area contributed by atoms with Crippen LogP contribution in [-0.2, 0) is 0 Å². The van der Waals surface area contributed by atoms with E-state index in [1.165, 1.54) is 10.8 Å². The standard InChI is InChI=1S/C42H28N4O2/c1-2-12-26(13-3-1)40-44-41(32-18-10-17-30-29-15-6-8-19-34(29)47-38(30)32)46-42(45-40)37-36-31-16-7-9-20-35(31)48-39(36)33(24-43-37)28-22-21-25-11-4-5-14-27(25)23-28/h1-24,40-41,44H,(H,45,46). The number of pyridine rings is 1. The van der Waals surface area contributed by atoms with Gasteiger partial charge in [-0.1, -0.05) is 121 Å². The molecule has 6 aromatic carbocycles. The van der Waals surface area contributed by atoms with Crippen molar-refractivity contribution in [1.29, 1.82) is 0 Å². The molecule has 10 rings (SSSR count). The van der Waals surface area contributed by atoms with E-state index in [1.54, 1.807) is 0 Å². The summed E-state index contributed by atoms with van der Waals surface area (Å²) in [6.45, 7) is 0. The van der Waals surface area contributed by atoms with Gasteiger partial charge in [0.1, 0.15) is 40.4 Å². The third-order valence-corrected chi connectivity index (χ3v) is 9.41. The molecule has 3 aromatic heterocycles. The van der Waals surface area contributed by atoms with Gasteiger partial charge >= 0.3 is 0 Å². The summed E-state index contributed by atoms with van der Waals surface area (Å²) < 4.78 is 13.1. The number of hydrogen-bond acceptors (Lipinski definition) is 6. The molecule has 1 aliphatic heterocycles. The predicted octanol–water partition coefficient (Wildman–Crippen LogP) is 10.0. The molecule has 4 heterocycles. The van der Waals surface area contributed by atoms with Gasteiger partial charge in [0.25, 0.3) is 0 Å². The SMILES string of the molecule is c1ccc(C2N=C(c3ncc(-c4ccc5ccccc5c4)c4oc5ccccc5c34)NC(c3cccc4c3oc3ccccc34)N2)cc1. The summed E-state index contributed by atoms with van der Waals surface area (Å²) in [4.78, 5) is 10.4. The van der Waals surface area contributed by atoms with Crippen LogP contribution < -0.4 is 10.6 Å². The number of furan rings is 2. The van der Waals surface area contributed by atoms with Crippen molar-refractivity contribution >= 4 is 60.5 Å². The molecule has 0 aliphatic carbocycles. The third-order valence-electron chi connectivity index (χ3n) is 9.41.